The van der Waals surface area contributed by atoms with Crippen molar-refractivity contribution in [3.05, 3.63) is 11.3 Å². The Bertz CT molecular complexity index is 288. The van der Waals surface area contributed by atoms with Gasteiger partial charge >= 0.3 is 0 Å². The van der Waals surface area contributed by atoms with Gasteiger partial charge in [-0.1, -0.05) is 0 Å². The predicted octanol–water partition coefficient (Wildman–Crippen LogP) is 0.365. The third kappa shape index (κ3) is 2.00. The zero-order valence-electron chi connectivity index (χ0n) is 7.71. The molecular weight excluding hydrogens is 166 g/mol. The van der Waals surface area contributed by atoms with Crippen molar-refractivity contribution < 1.29 is 4.79 Å². The van der Waals surface area contributed by atoms with E-state index in [4.69, 9.17) is 11.0 Å². The van der Waals surface area contributed by atoms with E-state index in [1.807, 2.05) is 18.0 Å². The van der Waals surface area contributed by atoms with Gasteiger partial charge in [0, 0.05) is 19.3 Å². The summed E-state index contributed by atoms with van der Waals surface area (Å²) in [6.45, 7) is 0.897. The molecule has 1 saturated heterocycles. The highest BCUT2D eigenvalue weighted by atomic mass is 16.1. The number of piperidine rings is 1. The number of primary amides is 1. The fraction of sp³-hybridized carbons (Fsp3) is 0.556. The molecule has 0 aliphatic carbocycles. The lowest BCUT2D eigenvalue weighted by Crippen LogP contribution is -2.28. The molecule has 0 aromatic carbocycles. The number of hydrogen-bond donors (Lipinski definition) is 1. The van der Waals surface area contributed by atoms with Crippen LogP contribution in [0.15, 0.2) is 11.3 Å². The summed E-state index contributed by atoms with van der Waals surface area (Å²) in [6.07, 6.45) is 2.91. The van der Waals surface area contributed by atoms with Crippen LogP contribution in [-0.4, -0.2) is 24.4 Å². The Morgan fingerprint density at radius 1 is 1.62 bits per heavy atom. The molecule has 0 atom stereocenters. The first-order chi connectivity index (χ1) is 6.16. The summed E-state index contributed by atoms with van der Waals surface area (Å²) < 4.78 is 0. The molecule has 13 heavy (non-hydrogen) atoms. The first-order valence-corrected chi connectivity index (χ1v) is 4.31. The van der Waals surface area contributed by atoms with Crippen molar-refractivity contribution in [1.82, 2.24) is 4.90 Å². The van der Waals surface area contributed by atoms with E-state index in [2.05, 4.69) is 0 Å². The summed E-state index contributed by atoms with van der Waals surface area (Å²) in [7, 11) is 1.88. The molecule has 1 aliphatic heterocycles. The van der Waals surface area contributed by atoms with E-state index >= 15 is 0 Å². The zero-order valence-corrected chi connectivity index (χ0v) is 7.71. The molecule has 0 spiro atoms. The number of carbonyl (C=O) groups is 1. The number of allylic oxidation sites excluding steroid dienone is 1. The third-order valence-corrected chi connectivity index (χ3v) is 2.26. The minimum atomic E-state index is -0.619. The van der Waals surface area contributed by atoms with Crippen molar-refractivity contribution in [3.8, 4) is 6.07 Å². The number of hydrogen-bond acceptors (Lipinski definition) is 3. The molecule has 4 nitrogen and oxygen atoms in total. The van der Waals surface area contributed by atoms with Crippen molar-refractivity contribution in [2.45, 2.75) is 19.3 Å². The Kier molecular flexibility index (Phi) is 2.91. The summed E-state index contributed by atoms with van der Waals surface area (Å²) in [5, 5.41) is 8.73. The lowest BCUT2D eigenvalue weighted by molar-refractivity contribution is -0.114. The highest BCUT2D eigenvalue weighted by Crippen LogP contribution is 2.21. The molecule has 70 valence electrons. The van der Waals surface area contributed by atoms with E-state index in [9.17, 15) is 4.79 Å². The quantitative estimate of drug-likeness (QED) is 0.467. The molecule has 4 heteroatoms. The van der Waals surface area contributed by atoms with E-state index in [1.165, 1.54) is 0 Å². The Labute approximate surface area is 77.6 Å². The number of nitriles is 1. The van der Waals surface area contributed by atoms with E-state index in [0.29, 0.717) is 0 Å². The molecule has 0 bridgehead atoms. The SMILES string of the molecule is CN1CCCCC1=C(C#N)C(N)=O. The molecule has 0 unspecified atom stereocenters. The largest absolute Gasteiger partial charge is 0.377 e. The monoisotopic (exact) mass is 179 g/mol. The van der Waals surface area contributed by atoms with E-state index in [1.54, 1.807) is 0 Å². The maximum absolute atomic E-state index is 10.9. The highest BCUT2D eigenvalue weighted by Gasteiger charge is 2.18. The van der Waals surface area contributed by atoms with Crippen LogP contribution in [0.25, 0.3) is 0 Å². The molecular formula is C9H13N3O. The Morgan fingerprint density at radius 3 is 2.77 bits per heavy atom. The lowest BCUT2D eigenvalue weighted by Gasteiger charge is -2.27. The van der Waals surface area contributed by atoms with Gasteiger partial charge in [-0.05, 0) is 19.3 Å². The van der Waals surface area contributed by atoms with Crippen molar-refractivity contribution in [3.63, 3.8) is 0 Å². The van der Waals surface area contributed by atoms with Gasteiger partial charge in [-0.15, -0.1) is 0 Å². The van der Waals surface area contributed by atoms with Gasteiger partial charge in [0.1, 0.15) is 11.6 Å². The summed E-state index contributed by atoms with van der Waals surface area (Å²) in [5.74, 6) is -0.619. The predicted molar refractivity (Wildman–Crippen MR) is 48.3 cm³/mol. The van der Waals surface area contributed by atoms with Crippen molar-refractivity contribution in [2.24, 2.45) is 5.73 Å². The smallest absolute Gasteiger partial charge is 0.261 e. The van der Waals surface area contributed by atoms with Crippen LogP contribution < -0.4 is 5.73 Å². The molecule has 2 N–H and O–H groups in total. The highest BCUT2D eigenvalue weighted by molar-refractivity contribution is 5.96. The molecule has 1 aliphatic rings. The first-order valence-electron chi connectivity index (χ1n) is 4.31. The fourth-order valence-corrected chi connectivity index (χ4v) is 1.54. The van der Waals surface area contributed by atoms with Crippen LogP contribution in [0, 0.1) is 11.3 Å². The Morgan fingerprint density at radius 2 is 2.31 bits per heavy atom. The standard InChI is InChI=1S/C9H13N3O/c1-12-5-3-2-4-8(12)7(6-10)9(11)13/h2-5H2,1H3,(H2,11,13). The molecule has 0 aromatic rings. The fourth-order valence-electron chi connectivity index (χ4n) is 1.54. The van der Waals surface area contributed by atoms with Gasteiger partial charge in [0.2, 0.25) is 0 Å². The summed E-state index contributed by atoms with van der Waals surface area (Å²) in [4.78, 5) is 12.8. The minimum absolute atomic E-state index is 0.113. The second-order valence-electron chi connectivity index (χ2n) is 3.18. The third-order valence-electron chi connectivity index (χ3n) is 2.26. The molecule has 1 fully saturated rings. The van der Waals surface area contributed by atoms with Crippen LogP contribution in [-0.2, 0) is 4.79 Å². The van der Waals surface area contributed by atoms with E-state index in [-0.39, 0.29) is 5.57 Å². The maximum Gasteiger partial charge on any atom is 0.261 e. The minimum Gasteiger partial charge on any atom is -0.377 e. The van der Waals surface area contributed by atoms with Crippen LogP contribution in [0.5, 0.6) is 0 Å². The molecule has 1 amide bonds. The number of nitrogens with zero attached hydrogens (tertiary/aromatic N) is 2. The van der Waals surface area contributed by atoms with Crippen molar-refractivity contribution in [2.75, 3.05) is 13.6 Å². The molecule has 1 rings (SSSR count). The summed E-state index contributed by atoms with van der Waals surface area (Å²) in [6, 6.07) is 1.87. The second-order valence-corrected chi connectivity index (χ2v) is 3.18. The summed E-state index contributed by atoms with van der Waals surface area (Å²) in [5.41, 5.74) is 6.00. The van der Waals surface area contributed by atoms with Gasteiger partial charge < -0.3 is 10.6 Å². The van der Waals surface area contributed by atoms with Crippen molar-refractivity contribution >= 4 is 5.91 Å². The number of rotatable bonds is 1. The number of likely N-dealkylation sites (tertiary alicyclic amines) is 1. The van der Waals surface area contributed by atoms with Gasteiger partial charge in [-0.25, -0.2) is 0 Å². The van der Waals surface area contributed by atoms with Gasteiger partial charge in [0.15, 0.2) is 0 Å². The van der Waals surface area contributed by atoms with Crippen LogP contribution in [0.3, 0.4) is 0 Å². The Hall–Kier alpha value is -1.50. The zero-order chi connectivity index (χ0) is 9.84. The lowest BCUT2D eigenvalue weighted by atomic mass is 10.0. The number of amides is 1. The van der Waals surface area contributed by atoms with Gasteiger partial charge in [0.25, 0.3) is 5.91 Å². The molecule has 0 aromatic heterocycles. The van der Waals surface area contributed by atoms with Crippen molar-refractivity contribution in [1.29, 1.82) is 5.26 Å². The van der Waals surface area contributed by atoms with E-state index in [0.717, 1.165) is 31.5 Å². The molecule has 1 heterocycles. The summed E-state index contributed by atoms with van der Waals surface area (Å²) >= 11 is 0. The van der Waals surface area contributed by atoms with Crippen LogP contribution in [0.2, 0.25) is 0 Å². The number of nitrogens with two attached hydrogens (primary N) is 1. The van der Waals surface area contributed by atoms with Crippen LogP contribution >= 0.6 is 0 Å². The normalized spacial score (nSPS) is 20.8. The van der Waals surface area contributed by atoms with Gasteiger partial charge in [0.05, 0.1) is 0 Å². The topological polar surface area (TPSA) is 70.1 Å². The Balaban J connectivity index is 2.98. The average Bonchev–Trinajstić information content (AvgIpc) is 2.09. The van der Waals surface area contributed by atoms with Gasteiger partial charge in [-0.3, -0.25) is 4.79 Å². The van der Waals surface area contributed by atoms with Crippen LogP contribution in [0.1, 0.15) is 19.3 Å². The van der Waals surface area contributed by atoms with Gasteiger partial charge in [-0.2, -0.15) is 5.26 Å². The average molecular weight is 179 g/mol. The molecule has 0 radical (unpaired) electrons. The second kappa shape index (κ2) is 3.94. The first kappa shape index (κ1) is 9.59. The maximum atomic E-state index is 10.9. The van der Waals surface area contributed by atoms with Crippen LogP contribution in [0.4, 0.5) is 0 Å². The van der Waals surface area contributed by atoms with E-state index < -0.39 is 5.91 Å². The molecule has 0 saturated carbocycles. The number of carbonyl (C=O) groups excluding carboxylic acids is 1.